The molecule has 0 radical (unpaired) electrons. The first-order valence-electron chi connectivity index (χ1n) is 8.71. The maximum absolute atomic E-state index is 13.6. The number of alkyl halides is 2. The predicted octanol–water partition coefficient (Wildman–Crippen LogP) is 1.57. The standard InChI is InChI=1S/C16H28F2N2O6S/c1-10(2)13-7-19(8-14(11(3)4)20(13)12(5)21)26-27(24,25)9-16(17,18)6-15(22)23/h10-11,13-14H,6-9H2,1-5H3,(H,22,23). The Bertz CT molecular complexity index is 635. The summed E-state index contributed by atoms with van der Waals surface area (Å²) in [7, 11) is -4.71. The van der Waals surface area contributed by atoms with Crippen molar-refractivity contribution in [3.63, 3.8) is 0 Å². The number of aliphatic carboxylic acids is 1. The van der Waals surface area contributed by atoms with Crippen molar-refractivity contribution in [3.8, 4) is 0 Å². The number of amides is 1. The largest absolute Gasteiger partial charge is 0.481 e. The highest BCUT2D eigenvalue weighted by molar-refractivity contribution is 7.86. The van der Waals surface area contributed by atoms with Gasteiger partial charge in [-0.25, -0.2) is 8.78 Å². The SMILES string of the molecule is CC(=O)N1C(C(C)C)CN(OS(=O)(=O)CC(F)(F)CC(=O)O)CC1C(C)C. The second kappa shape index (κ2) is 8.78. The van der Waals surface area contributed by atoms with E-state index in [0.29, 0.717) is 0 Å². The molecular weight excluding hydrogens is 386 g/mol. The maximum Gasteiger partial charge on any atom is 0.309 e. The Labute approximate surface area is 158 Å². The van der Waals surface area contributed by atoms with E-state index in [-0.39, 0.29) is 42.9 Å². The van der Waals surface area contributed by atoms with E-state index in [1.54, 1.807) is 4.90 Å². The highest BCUT2D eigenvalue weighted by Gasteiger charge is 2.43. The normalized spacial score (nSPS) is 22.5. The lowest BCUT2D eigenvalue weighted by molar-refractivity contribution is -0.162. The number of hydrogen-bond donors (Lipinski definition) is 1. The molecule has 1 fully saturated rings. The van der Waals surface area contributed by atoms with Crippen LogP contribution >= 0.6 is 0 Å². The highest BCUT2D eigenvalue weighted by Crippen LogP contribution is 2.28. The van der Waals surface area contributed by atoms with Gasteiger partial charge in [0.05, 0.1) is 0 Å². The molecule has 0 aromatic rings. The minimum Gasteiger partial charge on any atom is -0.481 e. The molecular formula is C16H28F2N2O6S. The zero-order chi connectivity index (χ0) is 21.2. The number of carbonyl (C=O) groups excluding carboxylic acids is 1. The maximum atomic E-state index is 13.6. The fourth-order valence-electron chi connectivity index (χ4n) is 3.22. The summed E-state index contributed by atoms with van der Waals surface area (Å²) in [6.45, 7) is 9.01. The number of halogens is 2. The van der Waals surface area contributed by atoms with Crippen LogP contribution < -0.4 is 0 Å². The number of hydrogen-bond acceptors (Lipinski definition) is 6. The fourth-order valence-corrected chi connectivity index (χ4v) is 4.34. The molecule has 1 aliphatic rings. The molecule has 0 aromatic carbocycles. The van der Waals surface area contributed by atoms with Crippen molar-refractivity contribution >= 4 is 22.0 Å². The van der Waals surface area contributed by atoms with Crippen molar-refractivity contribution in [2.24, 2.45) is 11.8 Å². The van der Waals surface area contributed by atoms with Crippen LogP contribution in [0.4, 0.5) is 8.78 Å². The Morgan fingerprint density at radius 1 is 1.15 bits per heavy atom. The number of rotatable bonds is 8. The summed E-state index contributed by atoms with van der Waals surface area (Å²) < 4.78 is 56.2. The molecule has 1 heterocycles. The summed E-state index contributed by atoms with van der Waals surface area (Å²) >= 11 is 0. The molecule has 11 heteroatoms. The van der Waals surface area contributed by atoms with E-state index in [1.165, 1.54) is 6.92 Å². The first-order valence-corrected chi connectivity index (χ1v) is 10.3. The van der Waals surface area contributed by atoms with Crippen molar-refractivity contribution in [1.82, 2.24) is 9.96 Å². The molecule has 8 nitrogen and oxygen atoms in total. The van der Waals surface area contributed by atoms with E-state index < -0.39 is 34.2 Å². The van der Waals surface area contributed by atoms with E-state index in [9.17, 15) is 26.8 Å². The van der Waals surface area contributed by atoms with Gasteiger partial charge in [0.15, 0.2) is 0 Å². The Balaban J connectivity index is 3.00. The van der Waals surface area contributed by atoms with Crippen LogP contribution in [-0.2, 0) is 24.0 Å². The molecule has 158 valence electrons. The summed E-state index contributed by atoms with van der Waals surface area (Å²) in [5.41, 5.74) is 0. The number of piperazine rings is 1. The van der Waals surface area contributed by atoms with Crippen LogP contribution in [0.25, 0.3) is 0 Å². The first kappa shape index (κ1) is 23.7. The van der Waals surface area contributed by atoms with E-state index in [1.807, 2.05) is 27.7 Å². The summed E-state index contributed by atoms with van der Waals surface area (Å²) in [6.07, 6.45) is -1.60. The Kier molecular flexibility index (Phi) is 7.71. The van der Waals surface area contributed by atoms with Crippen molar-refractivity contribution < 1.29 is 36.2 Å². The summed E-state index contributed by atoms with van der Waals surface area (Å²) in [4.78, 5) is 24.3. The van der Waals surface area contributed by atoms with Crippen LogP contribution in [0, 0.1) is 11.8 Å². The predicted molar refractivity (Wildman–Crippen MR) is 93.4 cm³/mol. The average Bonchev–Trinajstić information content (AvgIpc) is 2.42. The minimum atomic E-state index is -4.71. The number of hydroxylamine groups is 2. The molecule has 2 unspecified atom stereocenters. The van der Waals surface area contributed by atoms with Gasteiger partial charge in [0.2, 0.25) is 5.91 Å². The third-order valence-electron chi connectivity index (χ3n) is 4.42. The van der Waals surface area contributed by atoms with Crippen LogP contribution in [0.5, 0.6) is 0 Å². The summed E-state index contributed by atoms with van der Waals surface area (Å²) in [5, 5.41) is 9.56. The van der Waals surface area contributed by atoms with Gasteiger partial charge < -0.3 is 10.0 Å². The molecule has 1 amide bonds. The van der Waals surface area contributed by atoms with Crippen molar-refractivity contribution in [1.29, 1.82) is 0 Å². The zero-order valence-electron chi connectivity index (χ0n) is 16.2. The van der Waals surface area contributed by atoms with Crippen LogP contribution in [0.3, 0.4) is 0 Å². The summed E-state index contributed by atoms with van der Waals surface area (Å²) in [6, 6.07) is -0.697. The van der Waals surface area contributed by atoms with E-state index in [0.717, 1.165) is 5.06 Å². The monoisotopic (exact) mass is 414 g/mol. The van der Waals surface area contributed by atoms with Crippen molar-refractivity contribution in [2.75, 3.05) is 18.8 Å². The molecule has 1 saturated heterocycles. The minimum absolute atomic E-state index is 0.0160. The average molecular weight is 414 g/mol. The van der Waals surface area contributed by atoms with Gasteiger partial charge in [-0.2, -0.15) is 17.8 Å². The number of carboxylic acid groups (broad SMARTS) is 1. The quantitative estimate of drug-likeness (QED) is 0.643. The Hall–Kier alpha value is -1.33. The third kappa shape index (κ3) is 6.96. The number of nitrogens with zero attached hydrogens (tertiary/aromatic N) is 2. The van der Waals surface area contributed by atoms with Crippen LogP contribution in [0.15, 0.2) is 0 Å². The van der Waals surface area contributed by atoms with Gasteiger partial charge >= 0.3 is 5.97 Å². The number of carbonyl (C=O) groups is 2. The molecule has 2 atom stereocenters. The lowest BCUT2D eigenvalue weighted by Gasteiger charge is -2.48. The third-order valence-corrected chi connectivity index (χ3v) is 5.63. The molecule has 27 heavy (non-hydrogen) atoms. The molecule has 0 bridgehead atoms. The lowest BCUT2D eigenvalue weighted by atomic mass is 9.92. The first-order chi connectivity index (χ1) is 12.1. The molecule has 0 saturated carbocycles. The van der Waals surface area contributed by atoms with Crippen molar-refractivity contribution in [2.45, 2.75) is 59.0 Å². The topological polar surface area (TPSA) is 104 Å². The summed E-state index contributed by atoms with van der Waals surface area (Å²) in [5.74, 6) is -7.65. The molecule has 1 aliphatic heterocycles. The van der Waals surface area contributed by atoms with Gasteiger partial charge in [-0.05, 0) is 11.8 Å². The van der Waals surface area contributed by atoms with Gasteiger partial charge in [-0.3, -0.25) is 9.59 Å². The molecule has 1 rings (SSSR count). The second-order valence-corrected chi connectivity index (χ2v) is 9.15. The molecule has 0 aromatic heterocycles. The van der Waals surface area contributed by atoms with Crippen LogP contribution in [0.2, 0.25) is 0 Å². The van der Waals surface area contributed by atoms with Crippen molar-refractivity contribution in [3.05, 3.63) is 0 Å². The smallest absolute Gasteiger partial charge is 0.309 e. The van der Waals surface area contributed by atoms with E-state index in [4.69, 9.17) is 9.39 Å². The fraction of sp³-hybridized carbons (Fsp3) is 0.875. The van der Waals surface area contributed by atoms with E-state index in [2.05, 4.69) is 0 Å². The lowest BCUT2D eigenvalue weighted by Crippen LogP contribution is -2.63. The van der Waals surface area contributed by atoms with Gasteiger partial charge in [-0.1, -0.05) is 27.7 Å². The van der Waals surface area contributed by atoms with Crippen LogP contribution in [0.1, 0.15) is 41.0 Å². The number of carboxylic acids is 1. The molecule has 0 spiro atoms. The molecule has 0 aliphatic carbocycles. The van der Waals surface area contributed by atoms with Crippen LogP contribution in [-0.4, -0.2) is 72.2 Å². The van der Waals surface area contributed by atoms with Gasteiger partial charge in [0, 0.05) is 32.1 Å². The van der Waals surface area contributed by atoms with Gasteiger partial charge in [-0.15, -0.1) is 0 Å². The molecule has 1 N–H and O–H groups in total. The van der Waals surface area contributed by atoms with E-state index >= 15 is 0 Å². The Morgan fingerprint density at radius 3 is 1.93 bits per heavy atom. The van der Waals surface area contributed by atoms with Gasteiger partial charge in [0.1, 0.15) is 12.2 Å². The van der Waals surface area contributed by atoms with Gasteiger partial charge in [0.25, 0.3) is 16.0 Å². The Morgan fingerprint density at radius 2 is 1.59 bits per heavy atom. The zero-order valence-corrected chi connectivity index (χ0v) is 17.0. The second-order valence-electron chi connectivity index (χ2n) is 7.60. The highest BCUT2D eigenvalue weighted by atomic mass is 32.2.